The van der Waals surface area contributed by atoms with E-state index in [0.717, 1.165) is 0 Å². The topological polar surface area (TPSA) is 63.8 Å². The number of nitrogens with one attached hydrogen (secondary N) is 1. The van der Waals surface area contributed by atoms with Gasteiger partial charge in [-0.05, 0) is 0 Å². The molecule has 0 aromatic carbocycles. The van der Waals surface area contributed by atoms with Crippen molar-refractivity contribution in [2.24, 2.45) is 0 Å². The van der Waals surface area contributed by atoms with Crippen molar-refractivity contribution >= 4 is 22.6 Å². The van der Waals surface area contributed by atoms with Crippen molar-refractivity contribution < 1.29 is 0 Å². The van der Waals surface area contributed by atoms with Crippen molar-refractivity contribution in [1.82, 2.24) is 9.36 Å². The molecule has 0 bridgehead atoms. The summed E-state index contributed by atoms with van der Waals surface area (Å²) in [6, 6.07) is 0. The van der Waals surface area contributed by atoms with E-state index >= 15 is 0 Å². The van der Waals surface area contributed by atoms with Crippen LogP contribution in [0, 0.1) is 0 Å². The molecule has 0 unspecified atom stereocenters. The van der Waals surface area contributed by atoms with Gasteiger partial charge in [-0.2, -0.15) is 9.36 Å². The number of hydrogen-bond donors (Lipinski definition) is 2. The summed E-state index contributed by atoms with van der Waals surface area (Å²) in [4.78, 5) is 3.80. The zero-order valence-electron chi connectivity index (χ0n) is 4.38. The third-order valence-electron chi connectivity index (χ3n) is 0.665. The number of rotatable bonds is 1. The highest BCUT2D eigenvalue weighted by molar-refractivity contribution is 7.09. The van der Waals surface area contributed by atoms with Crippen LogP contribution in [0.1, 0.15) is 0 Å². The van der Waals surface area contributed by atoms with Gasteiger partial charge in [0.25, 0.3) is 0 Å². The third-order valence-corrected chi connectivity index (χ3v) is 1.21. The van der Waals surface area contributed by atoms with Crippen LogP contribution < -0.4 is 11.1 Å². The molecule has 0 atom stereocenters. The van der Waals surface area contributed by atoms with Gasteiger partial charge in [-0.25, -0.2) is 0 Å². The van der Waals surface area contributed by atoms with Gasteiger partial charge in [-0.1, -0.05) is 0 Å². The molecule has 8 heavy (non-hydrogen) atoms. The molecule has 1 aromatic heterocycles. The summed E-state index contributed by atoms with van der Waals surface area (Å²) in [5.74, 6) is 0.590. The van der Waals surface area contributed by atoms with Crippen LogP contribution in [0.5, 0.6) is 0 Å². The minimum Gasteiger partial charge on any atom is -0.374 e. The Bertz CT molecular complexity index is 172. The van der Waals surface area contributed by atoms with Crippen molar-refractivity contribution in [3.05, 3.63) is 0 Å². The maximum atomic E-state index is 5.26. The molecule has 0 amide bonds. The van der Waals surface area contributed by atoms with Gasteiger partial charge in [0, 0.05) is 18.6 Å². The first-order chi connectivity index (χ1) is 3.83. The van der Waals surface area contributed by atoms with Crippen LogP contribution in [-0.4, -0.2) is 16.4 Å². The summed E-state index contributed by atoms with van der Waals surface area (Å²) in [6.07, 6.45) is 0. The fourth-order valence-electron chi connectivity index (χ4n) is 0.337. The summed E-state index contributed by atoms with van der Waals surface area (Å²) in [5, 5.41) is 3.25. The molecule has 1 heterocycles. The van der Waals surface area contributed by atoms with E-state index in [1.165, 1.54) is 11.5 Å². The summed E-state index contributed by atoms with van der Waals surface area (Å²) in [7, 11) is 1.75. The number of aromatic nitrogens is 2. The molecule has 0 aliphatic carbocycles. The molecule has 3 N–H and O–H groups in total. The van der Waals surface area contributed by atoms with E-state index in [-0.39, 0.29) is 0 Å². The second-order valence-electron chi connectivity index (χ2n) is 1.21. The highest BCUT2D eigenvalue weighted by Crippen LogP contribution is 2.07. The van der Waals surface area contributed by atoms with Crippen molar-refractivity contribution in [3.8, 4) is 0 Å². The molecule has 0 radical (unpaired) electrons. The molecule has 5 heteroatoms. The average molecular weight is 130 g/mol. The molecule has 0 saturated heterocycles. The van der Waals surface area contributed by atoms with E-state index < -0.39 is 0 Å². The standard InChI is InChI=1S/C3H6N4S/c1-5-3-6-2(4)8-7-3/h1H3,(H3,4,5,6,7). The van der Waals surface area contributed by atoms with Crippen LogP contribution in [0.15, 0.2) is 0 Å². The fourth-order valence-corrected chi connectivity index (χ4v) is 0.776. The Morgan fingerprint density at radius 3 is 2.75 bits per heavy atom. The van der Waals surface area contributed by atoms with Gasteiger partial charge >= 0.3 is 0 Å². The van der Waals surface area contributed by atoms with Gasteiger partial charge in [0.2, 0.25) is 11.1 Å². The second kappa shape index (κ2) is 1.95. The molecule has 4 nitrogen and oxygen atoms in total. The van der Waals surface area contributed by atoms with Crippen LogP contribution in [0.25, 0.3) is 0 Å². The first-order valence-corrected chi connectivity index (χ1v) is 2.87. The molecule has 0 saturated carbocycles. The average Bonchev–Trinajstić information content (AvgIpc) is 2.14. The maximum Gasteiger partial charge on any atom is 0.236 e. The predicted octanol–water partition coefficient (Wildman–Crippen LogP) is 0.162. The number of hydrogen-bond acceptors (Lipinski definition) is 5. The number of nitrogens with zero attached hydrogens (tertiary/aromatic N) is 2. The lowest BCUT2D eigenvalue weighted by atomic mass is 11.0. The lowest BCUT2D eigenvalue weighted by Gasteiger charge is -1.83. The minimum atomic E-state index is 0.495. The van der Waals surface area contributed by atoms with E-state index in [1.54, 1.807) is 7.05 Å². The molecule has 0 aliphatic rings. The second-order valence-corrected chi connectivity index (χ2v) is 1.99. The van der Waals surface area contributed by atoms with Crippen molar-refractivity contribution in [2.45, 2.75) is 0 Å². The van der Waals surface area contributed by atoms with Gasteiger partial charge in [-0.15, -0.1) is 0 Å². The Morgan fingerprint density at radius 2 is 2.50 bits per heavy atom. The lowest BCUT2D eigenvalue weighted by molar-refractivity contribution is 1.28. The van der Waals surface area contributed by atoms with Crippen LogP contribution in [0.3, 0.4) is 0 Å². The number of anilines is 2. The number of nitrogen functional groups attached to an aromatic ring is 1. The quantitative estimate of drug-likeness (QED) is 0.568. The summed E-state index contributed by atoms with van der Waals surface area (Å²) in [6.45, 7) is 0. The Kier molecular flexibility index (Phi) is 1.29. The maximum absolute atomic E-state index is 5.26. The summed E-state index contributed by atoms with van der Waals surface area (Å²) < 4.78 is 3.83. The van der Waals surface area contributed by atoms with Crippen molar-refractivity contribution in [2.75, 3.05) is 18.1 Å². The molecule has 0 fully saturated rings. The highest BCUT2D eigenvalue weighted by Gasteiger charge is 1.93. The Balaban J connectivity index is 2.84. The molecule has 1 aromatic rings. The molecule has 0 spiro atoms. The van der Waals surface area contributed by atoms with Gasteiger partial charge in [-0.3, -0.25) is 0 Å². The normalized spacial score (nSPS) is 9.12. The monoisotopic (exact) mass is 130 g/mol. The van der Waals surface area contributed by atoms with Crippen molar-refractivity contribution in [1.29, 1.82) is 0 Å². The minimum absolute atomic E-state index is 0.495. The predicted molar refractivity (Wildman–Crippen MR) is 33.9 cm³/mol. The Morgan fingerprint density at radius 1 is 1.75 bits per heavy atom. The van der Waals surface area contributed by atoms with Crippen LogP contribution in [-0.2, 0) is 0 Å². The summed E-state index contributed by atoms with van der Waals surface area (Å²) >= 11 is 1.18. The first-order valence-electron chi connectivity index (χ1n) is 2.10. The Labute approximate surface area is 50.9 Å². The molecular formula is C3H6N4S. The van der Waals surface area contributed by atoms with Gasteiger partial charge in [0.05, 0.1) is 0 Å². The largest absolute Gasteiger partial charge is 0.374 e. The van der Waals surface area contributed by atoms with Gasteiger partial charge < -0.3 is 11.1 Å². The van der Waals surface area contributed by atoms with Gasteiger partial charge in [0.15, 0.2) is 0 Å². The van der Waals surface area contributed by atoms with E-state index in [1.807, 2.05) is 0 Å². The van der Waals surface area contributed by atoms with E-state index in [4.69, 9.17) is 5.73 Å². The molecule has 44 valence electrons. The van der Waals surface area contributed by atoms with Crippen LogP contribution >= 0.6 is 11.5 Å². The van der Waals surface area contributed by atoms with Crippen LogP contribution in [0.2, 0.25) is 0 Å². The van der Waals surface area contributed by atoms with E-state index in [0.29, 0.717) is 11.1 Å². The lowest BCUT2D eigenvalue weighted by Crippen LogP contribution is -1.89. The fraction of sp³-hybridized carbons (Fsp3) is 0.333. The third kappa shape index (κ3) is 0.865. The SMILES string of the molecule is CNc1nsc(N)n1. The van der Waals surface area contributed by atoms with E-state index in [2.05, 4.69) is 14.7 Å². The highest BCUT2D eigenvalue weighted by atomic mass is 32.1. The number of nitrogens with two attached hydrogens (primary N) is 1. The zero-order valence-corrected chi connectivity index (χ0v) is 5.20. The first kappa shape index (κ1) is 5.30. The van der Waals surface area contributed by atoms with Crippen LogP contribution in [0.4, 0.5) is 11.1 Å². The summed E-state index contributed by atoms with van der Waals surface area (Å²) in [5.41, 5.74) is 5.26. The van der Waals surface area contributed by atoms with E-state index in [9.17, 15) is 0 Å². The molecular weight excluding hydrogens is 124 g/mol. The zero-order chi connectivity index (χ0) is 5.98. The van der Waals surface area contributed by atoms with Crippen molar-refractivity contribution in [3.63, 3.8) is 0 Å². The molecule has 1 rings (SSSR count). The Hall–Kier alpha value is -0.840. The van der Waals surface area contributed by atoms with Gasteiger partial charge in [0.1, 0.15) is 0 Å². The smallest absolute Gasteiger partial charge is 0.236 e. The molecule has 0 aliphatic heterocycles.